The van der Waals surface area contributed by atoms with Crippen LogP contribution in [0.15, 0.2) is 6.07 Å². The first-order chi connectivity index (χ1) is 9.10. The van der Waals surface area contributed by atoms with Crippen LogP contribution in [0.1, 0.15) is 12.2 Å². The van der Waals surface area contributed by atoms with Crippen molar-refractivity contribution in [2.24, 2.45) is 0 Å². The van der Waals surface area contributed by atoms with Crippen LogP contribution in [0.25, 0.3) is 0 Å². The van der Waals surface area contributed by atoms with Gasteiger partial charge < -0.3 is 19.5 Å². The molecule has 2 heterocycles. The number of methoxy groups -OCH3 is 1. The van der Waals surface area contributed by atoms with Crippen LogP contribution in [-0.2, 0) is 9.53 Å². The fourth-order valence-corrected chi connectivity index (χ4v) is 2.10. The predicted molar refractivity (Wildman–Crippen MR) is 67.5 cm³/mol. The second-order valence-electron chi connectivity index (χ2n) is 4.34. The number of aromatic nitrogens is 2. The molecule has 0 aliphatic carbocycles. The van der Waals surface area contributed by atoms with E-state index >= 15 is 0 Å². The third kappa shape index (κ3) is 3.31. The number of carbonyl (C=O) groups is 1. The van der Waals surface area contributed by atoms with Crippen molar-refractivity contribution in [2.75, 3.05) is 31.8 Å². The lowest BCUT2D eigenvalue weighted by Crippen LogP contribution is -2.47. The van der Waals surface area contributed by atoms with E-state index in [-0.39, 0.29) is 12.5 Å². The highest BCUT2D eigenvalue weighted by Gasteiger charge is 2.27. The maximum atomic E-state index is 10.9. The van der Waals surface area contributed by atoms with Gasteiger partial charge in [-0.15, -0.1) is 0 Å². The number of aliphatic carboxylic acids is 1. The molecule has 1 fully saturated rings. The van der Waals surface area contributed by atoms with Gasteiger partial charge in [0, 0.05) is 12.6 Å². The highest BCUT2D eigenvalue weighted by molar-refractivity contribution is 5.68. The fourth-order valence-electron chi connectivity index (χ4n) is 2.10. The van der Waals surface area contributed by atoms with Gasteiger partial charge in [0.25, 0.3) is 0 Å². The minimum absolute atomic E-state index is 0.0192. The van der Waals surface area contributed by atoms with Crippen LogP contribution < -0.4 is 9.64 Å². The van der Waals surface area contributed by atoms with Crippen molar-refractivity contribution < 1.29 is 19.4 Å². The standard InChI is InChI=1S/C12H17N3O4/c1-8-13-10(6-11(14-8)18-2)15-3-4-19-7-9(15)5-12(16)17/h6,9H,3-5,7H2,1-2H3,(H,16,17). The number of rotatable bonds is 4. The molecule has 19 heavy (non-hydrogen) atoms. The summed E-state index contributed by atoms with van der Waals surface area (Å²) in [7, 11) is 1.54. The predicted octanol–water partition coefficient (Wildman–Crippen LogP) is 0.474. The molecule has 7 heteroatoms. The van der Waals surface area contributed by atoms with Gasteiger partial charge in [-0.1, -0.05) is 0 Å². The molecule has 0 amide bonds. The minimum Gasteiger partial charge on any atom is -0.481 e. The van der Waals surface area contributed by atoms with Gasteiger partial charge in [-0.05, 0) is 6.92 Å². The minimum atomic E-state index is -0.849. The first kappa shape index (κ1) is 13.5. The van der Waals surface area contributed by atoms with Gasteiger partial charge in [0.2, 0.25) is 5.88 Å². The van der Waals surface area contributed by atoms with Crippen molar-refractivity contribution in [2.45, 2.75) is 19.4 Å². The molecule has 0 spiro atoms. The van der Waals surface area contributed by atoms with Crippen LogP contribution in [-0.4, -0.2) is 54.0 Å². The number of hydrogen-bond acceptors (Lipinski definition) is 6. The molecule has 7 nitrogen and oxygen atoms in total. The Morgan fingerprint density at radius 1 is 1.63 bits per heavy atom. The van der Waals surface area contributed by atoms with E-state index in [4.69, 9.17) is 14.6 Å². The van der Waals surface area contributed by atoms with Gasteiger partial charge in [-0.25, -0.2) is 4.98 Å². The number of aryl methyl sites for hydroxylation is 1. The maximum Gasteiger partial charge on any atom is 0.305 e. The second-order valence-corrected chi connectivity index (χ2v) is 4.34. The van der Waals surface area contributed by atoms with Crippen LogP contribution >= 0.6 is 0 Å². The van der Waals surface area contributed by atoms with Gasteiger partial charge >= 0.3 is 5.97 Å². The summed E-state index contributed by atoms with van der Waals surface area (Å²) in [5.41, 5.74) is 0. The molecule has 0 bridgehead atoms. The van der Waals surface area contributed by atoms with E-state index in [0.29, 0.717) is 37.3 Å². The molecule has 1 aliphatic rings. The topological polar surface area (TPSA) is 84.8 Å². The summed E-state index contributed by atoms with van der Waals surface area (Å²) in [5.74, 6) is 0.898. The van der Waals surface area contributed by atoms with E-state index in [2.05, 4.69) is 9.97 Å². The number of carboxylic acids is 1. The summed E-state index contributed by atoms with van der Waals surface area (Å²) < 4.78 is 10.5. The number of hydrogen-bond donors (Lipinski definition) is 1. The molecule has 0 radical (unpaired) electrons. The van der Waals surface area contributed by atoms with E-state index in [1.54, 1.807) is 20.1 Å². The molecule has 1 aromatic rings. The quantitative estimate of drug-likeness (QED) is 0.848. The zero-order chi connectivity index (χ0) is 13.8. The fraction of sp³-hybridized carbons (Fsp3) is 0.583. The molecule has 1 saturated heterocycles. The SMILES string of the molecule is COc1cc(N2CCOCC2CC(=O)O)nc(C)n1. The third-order valence-corrected chi connectivity index (χ3v) is 2.94. The van der Waals surface area contributed by atoms with Gasteiger partial charge in [0.1, 0.15) is 11.6 Å². The molecule has 104 valence electrons. The van der Waals surface area contributed by atoms with Crippen molar-refractivity contribution in [1.82, 2.24) is 9.97 Å². The Kier molecular flexibility index (Phi) is 4.16. The molecule has 1 aliphatic heterocycles. The summed E-state index contributed by atoms with van der Waals surface area (Å²) in [6.45, 7) is 3.33. The lowest BCUT2D eigenvalue weighted by Gasteiger charge is -2.35. The first-order valence-corrected chi connectivity index (χ1v) is 6.06. The zero-order valence-electron chi connectivity index (χ0n) is 11.0. The van der Waals surface area contributed by atoms with Gasteiger partial charge in [-0.3, -0.25) is 4.79 Å². The summed E-state index contributed by atoms with van der Waals surface area (Å²) in [5, 5.41) is 8.95. The van der Waals surface area contributed by atoms with Crippen molar-refractivity contribution >= 4 is 11.8 Å². The average Bonchev–Trinajstić information content (AvgIpc) is 2.38. The molecule has 1 unspecified atom stereocenters. The molecular formula is C12H17N3O4. The number of anilines is 1. The Labute approximate surface area is 111 Å². The molecule has 0 saturated carbocycles. The highest BCUT2D eigenvalue weighted by atomic mass is 16.5. The van der Waals surface area contributed by atoms with Crippen molar-refractivity contribution in [1.29, 1.82) is 0 Å². The Morgan fingerprint density at radius 2 is 2.42 bits per heavy atom. The van der Waals surface area contributed by atoms with Crippen LogP contribution in [0.3, 0.4) is 0 Å². The second kappa shape index (κ2) is 5.83. The van der Waals surface area contributed by atoms with Crippen molar-refractivity contribution in [3.05, 3.63) is 11.9 Å². The number of nitrogens with zero attached hydrogens (tertiary/aromatic N) is 3. The summed E-state index contributed by atoms with van der Waals surface area (Å²) in [4.78, 5) is 21.3. The summed E-state index contributed by atoms with van der Waals surface area (Å²) in [6.07, 6.45) is 0.0192. The number of carboxylic acid groups (broad SMARTS) is 1. The lowest BCUT2D eigenvalue weighted by molar-refractivity contribution is -0.138. The monoisotopic (exact) mass is 267 g/mol. The Hall–Kier alpha value is -1.89. The average molecular weight is 267 g/mol. The van der Waals surface area contributed by atoms with Gasteiger partial charge in [0.15, 0.2) is 0 Å². The third-order valence-electron chi connectivity index (χ3n) is 2.94. The lowest BCUT2D eigenvalue weighted by atomic mass is 10.1. The van der Waals surface area contributed by atoms with Crippen molar-refractivity contribution in [3.8, 4) is 5.88 Å². The number of ether oxygens (including phenoxy) is 2. The molecule has 1 aromatic heterocycles. The Balaban J connectivity index is 2.26. The molecule has 0 aromatic carbocycles. The van der Waals surface area contributed by atoms with E-state index in [1.165, 1.54) is 0 Å². The molecule has 1 N–H and O–H groups in total. The van der Waals surface area contributed by atoms with E-state index in [1.807, 2.05) is 4.90 Å². The maximum absolute atomic E-state index is 10.9. The molecule has 2 rings (SSSR count). The van der Waals surface area contributed by atoms with Gasteiger partial charge in [0.05, 0.1) is 32.8 Å². The largest absolute Gasteiger partial charge is 0.481 e. The smallest absolute Gasteiger partial charge is 0.305 e. The number of morpholine rings is 1. The summed E-state index contributed by atoms with van der Waals surface area (Å²) in [6, 6.07) is 1.50. The summed E-state index contributed by atoms with van der Waals surface area (Å²) >= 11 is 0. The zero-order valence-corrected chi connectivity index (χ0v) is 11.0. The van der Waals surface area contributed by atoms with Gasteiger partial charge in [-0.2, -0.15) is 4.98 Å². The molecular weight excluding hydrogens is 250 g/mol. The highest BCUT2D eigenvalue weighted by Crippen LogP contribution is 2.22. The Bertz CT molecular complexity index is 466. The van der Waals surface area contributed by atoms with Crippen LogP contribution in [0.2, 0.25) is 0 Å². The van der Waals surface area contributed by atoms with E-state index in [0.717, 1.165) is 0 Å². The van der Waals surface area contributed by atoms with Crippen LogP contribution in [0.5, 0.6) is 5.88 Å². The van der Waals surface area contributed by atoms with E-state index in [9.17, 15) is 4.79 Å². The molecule has 1 atom stereocenters. The normalized spacial score (nSPS) is 19.3. The van der Waals surface area contributed by atoms with E-state index < -0.39 is 5.97 Å². The first-order valence-electron chi connectivity index (χ1n) is 6.06. The van der Waals surface area contributed by atoms with Crippen LogP contribution in [0, 0.1) is 6.92 Å². The van der Waals surface area contributed by atoms with Crippen LogP contribution in [0.4, 0.5) is 5.82 Å². The van der Waals surface area contributed by atoms with Crippen molar-refractivity contribution in [3.63, 3.8) is 0 Å². The Morgan fingerprint density at radius 3 is 3.11 bits per heavy atom.